The van der Waals surface area contributed by atoms with Crippen LogP contribution in [0.5, 0.6) is 0 Å². The summed E-state index contributed by atoms with van der Waals surface area (Å²) in [6.07, 6.45) is 12.5. The Balaban J connectivity index is 0.943. The summed E-state index contributed by atoms with van der Waals surface area (Å²) in [5.74, 6) is 0.992. The summed E-state index contributed by atoms with van der Waals surface area (Å²) in [5.41, 5.74) is 13.8. The number of rotatable bonds is 6. The van der Waals surface area contributed by atoms with Crippen LogP contribution in [0.25, 0.3) is 0 Å². The molecule has 0 N–H and O–H groups in total. The molecule has 13 rings (SSSR count). The van der Waals surface area contributed by atoms with E-state index in [0.29, 0.717) is 18.1 Å². The maximum atomic E-state index is 13.5. The second-order valence-electron chi connectivity index (χ2n) is 13.3. The minimum absolute atomic E-state index is 0.335. The van der Waals surface area contributed by atoms with Gasteiger partial charge in [-0.15, -0.1) is 0 Å². The van der Waals surface area contributed by atoms with Crippen LogP contribution in [0.15, 0.2) is 84.9 Å². The lowest BCUT2D eigenvalue weighted by Gasteiger charge is -2.33. The van der Waals surface area contributed by atoms with E-state index in [0.717, 1.165) is 83.0 Å². The van der Waals surface area contributed by atoms with Crippen LogP contribution in [0.4, 0.5) is 0 Å². The molecular formula is C41H45NO. The van der Waals surface area contributed by atoms with Crippen molar-refractivity contribution in [3.8, 4) is 0 Å². The number of carbonyl (C=O) groups excluding carboxylic acids is 1. The molecule has 4 aromatic carbocycles. The standard InChI is InChI=1S/C41H45NO/c43-41(40-29-35-14-12-31-5-9-33(10-6-31)16-20-37(40)22-18-35)2-1-25-42-26-23-38(24-27-42)39-28-34-13-11-30-3-7-32(8-4-30)15-19-36(39)21-17-34/h3-10,17-18,21-22,28-29,38H,1-2,11-16,19-20,23-27H2. The first-order valence-corrected chi connectivity index (χ1v) is 16.8. The van der Waals surface area contributed by atoms with Crippen molar-refractivity contribution in [3.05, 3.63) is 141 Å². The minimum Gasteiger partial charge on any atom is -0.303 e. The van der Waals surface area contributed by atoms with Crippen LogP contribution in [0.2, 0.25) is 0 Å². The van der Waals surface area contributed by atoms with Crippen molar-refractivity contribution in [2.75, 3.05) is 19.6 Å². The van der Waals surface area contributed by atoms with Gasteiger partial charge in [-0.25, -0.2) is 0 Å². The highest BCUT2D eigenvalue weighted by atomic mass is 16.1. The Hall–Kier alpha value is -3.49. The first-order valence-electron chi connectivity index (χ1n) is 16.8. The normalized spacial score (nSPS) is 17.3. The molecule has 1 fully saturated rings. The van der Waals surface area contributed by atoms with Gasteiger partial charge in [-0.2, -0.15) is 0 Å². The second-order valence-corrected chi connectivity index (χ2v) is 13.3. The van der Waals surface area contributed by atoms with E-state index < -0.39 is 0 Å². The molecule has 0 radical (unpaired) electrons. The molecule has 9 aliphatic rings. The van der Waals surface area contributed by atoms with Crippen LogP contribution in [0.3, 0.4) is 0 Å². The largest absolute Gasteiger partial charge is 0.303 e. The molecule has 8 bridgehead atoms. The molecule has 0 amide bonds. The molecule has 1 aliphatic heterocycles. The highest BCUT2D eigenvalue weighted by Gasteiger charge is 2.23. The van der Waals surface area contributed by atoms with Crippen LogP contribution in [-0.2, 0) is 51.4 Å². The molecule has 0 saturated carbocycles. The molecule has 8 aliphatic carbocycles. The van der Waals surface area contributed by atoms with E-state index >= 15 is 0 Å². The average Bonchev–Trinajstić information content (AvgIpc) is 3.04. The number of nitrogens with zero attached hydrogens (tertiary/aromatic N) is 1. The van der Waals surface area contributed by atoms with Crippen molar-refractivity contribution >= 4 is 5.78 Å². The van der Waals surface area contributed by atoms with Gasteiger partial charge in [0, 0.05) is 12.0 Å². The van der Waals surface area contributed by atoms with Crippen LogP contribution in [0.1, 0.15) is 92.0 Å². The van der Waals surface area contributed by atoms with Gasteiger partial charge in [0.15, 0.2) is 5.78 Å². The summed E-state index contributed by atoms with van der Waals surface area (Å²) >= 11 is 0. The van der Waals surface area contributed by atoms with E-state index in [1.165, 1.54) is 51.8 Å². The van der Waals surface area contributed by atoms with Gasteiger partial charge in [0.2, 0.25) is 0 Å². The Morgan fingerprint density at radius 3 is 1.63 bits per heavy atom. The number of carbonyl (C=O) groups is 1. The van der Waals surface area contributed by atoms with Gasteiger partial charge in [0.25, 0.3) is 0 Å². The zero-order chi connectivity index (χ0) is 29.0. The van der Waals surface area contributed by atoms with Gasteiger partial charge in [0.1, 0.15) is 0 Å². The number of hydrogen-bond acceptors (Lipinski definition) is 2. The van der Waals surface area contributed by atoms with E-state index in [-0.39, 0.29) is 0 Å². The highest BCUT2D eigenvalue weighted by molar-refractivity contribution is 5.97. The van der Waals surface area contributed by atoms with Crippen LogP contribution in [-0.4, -0.2) is 30.3 Å². The molecule has 1 heterocycles. The third-order valence-corrected chi connectivity index (χ3v) is 10.4. The Kier molecular flexibility index (Phi) is 8.57. The van der Waals surface area contributed by atoms with Gasteiger partial charge in [-0.1, -0.05) is 78.9 Å². The van der Waals surface area contributed by atoms with Crippen molar-refractivity contribution < 1.29 is 4.79 Å². The number of aryl methyl sites for hydroxylation is 8. The monoisotopic (exact) mass is 567 g/mol. The molecular weight excluding hydrogens is 522 g/mol. The van der Waals surface area contributed by atoms with Crippen molar-refractivity contribution in [2.24, 2.45) is 0 Å². The third-order valence-electron chi connectivity index (χ3n) is 10.4. The van der Waals surface area contributed by atoms with Gasteiger partial charge < -0.3 is 4.90 Å². The molecule has 43 heavy (non-hydrogen) atoms. The molecule has 0 atom stereocenters. The quantitative estimate of drug-likeness (QED) is 0.219. The van der Waals surface area contributed by atoms with E-state index in [2.05, 4.69) is 89.8 Å². The minimum atomic E-state index is 0.335. The number of likely N-dealkylation sites (tertiary alicyclic amines) is 1. The number of Topliss-reactive ketones (excluding diaryl/α,β-unsaturated/α-hetero) is 1. The van der Waals surface area contributed by atoms with E-state index in [9.17, 15) is 4.79 Å². The fourth-order valence-corrected chi connectivity index (χ4v) is 7.61. The lowest BCUT2D eigenvalue weighted by Crippen LogP contribution is -2.34. The van der Waals surface area contributed by atoms with Gasteiger partial charge >= 0.3 is 0 Å². The SMILES string of the molecule is O=C(CCCN1CCC(c2cc3ccc2CCc2ccc(cc2)CC3)CC1)c1cc2ccc1CCc1ccc(cc1)CC2. The zero-order valence-electron chi connectivity index (χ0n) is 25.6. The third kappa shape index (κ3) is 6.86. The molecule has 220 valence electrons. The molecule has 2 heteroatoms. The number of ketones is 1. The first kappa shape index (κ1) is 28.3. The summed E-state index contributed by atoms with van der Waals surface area (Å²) in [4.78, 5) is 16.1. The fourth-order valence-electron chi connectivity index (χ4n) is 7.61. The molecule has 2 nitrogen and oxygen atoms in total. The highest BCUT2D eigenvalue weighted by Crippen LogP contribution is 2.33. The van der Waals surface area contributed by atoms with Crippen LogP contribution in [0, 0.1) is 0 Å². The van der Waals surface area contributed by atoms with Crippen LogP contribution < -0.4 is 0 Å². The zero-order valence-corrected chi connectivity index (χ0v) is 25.6. The summed E-state index contributed by atoms with van der Waals surface area (Å²) in [7, 11) is 0. The number of hydrogen-bond donors (Lipinski definition) is 0. The predicted molar refractivity (Wildman–Crippen MR) is 177 cm³/mol. The van der Waals surface area contributed by atoms with E-state index in [1.54, 1.807) is 11.1 Å². The van der Waals surface area contributed by atoms with Gasteiger partial charge in [-0.3, -0.25) is 4.79 Å². The second kappa shape index (κ2) is 13.0. The molecule has 1 saturated heterocycles. The predicted octanol–water partition coefficient (Wildman–Crippen LogP) is 8.30. The van der Waals surface area contributed by atoms with Gasteiger partial charge in [0.05, 0.1) is 0 Å². The average molecular weight is 568 g/mol. The molecule has 0 unspecified atom stereocenters. The van der Waals surface area contributed by atoms with E-state index in [4.69, 9.17) is 0 Å². The maximum absolute atomic E-state index is 13.5. The molecule has 0 aromatic heterocycles. The van der Waals surface area contributed by atoms with Crippen molar-refractivity contribution in [3.63, 3.8) is 0 Å². The first-order chi connectivity index (χ1) is 21.2. The fraction of sp³-hybridized carbons (Fsp3) is 0.390. The van der Waals surface area contributed by atoms with Gasteiger partial charge in [-0.05, 0) is 152 Å². The lowest BCUT2D eigenvalue weighted by atomic mass is 9.83. The number of piperidine rings is 1. The smallest absolute Gasteiger partial charge is 0.163 e. The summed E-state index contributed by atoms with van der Waals surface area (Å²) in [6.45, 7) is 3.31. The van der Waals surface area contributed by atoms with Crippen molar-refractivity contribution in [1.29, 1.82) is 0 Å². The van der Waals surface area contributed by atoms with Crippen molar-refractivity contribution in [2.45, 2.75) is 83.0 Å². The Bertz CT molecular complexity index is 1560. The summed E-state index contributed by atoms with van der Waals surface area (Å²) < 4.78 is 0. The van der Waals surface area contributed by atoms with E-state index in [1.807, 2.05) is 0 Å². The summed E-state index contributed by atoms with van der Waals surface area (Å²) in [6, 6.07) is 32.4. The van der Waals surface area contributed by atoms with Crippen molar-refractivity contribution in [1.82, 2.24) is 4.90 Å². The lowest BCUT2D eigenvalue weighted by molar-refractivity contribution is 0.0971. The Labute approximate surface area is 258 Å². The number of benzene rings is 4. The summed E-state index contributed by atoms with van der Waals surface area (Å²) in [5, 5.41) is 0. The topological polar surface area (TPSA) is 20.3 Å². The maximum Gasteiger partial charge on any atom is 0.163 e. The molecule has 0 spiro atoms. The Morgan fingerprint density at radius 1 is 0.558 bits per heavy atom. The Morgan fingerprint density at radius 2 is 1.02 bits per heavy atom. The molecule has 4 aromatic rings. The van der Waals surface area contributed by atoms with Crippen LogP contribution >= 0.6 is 0 Å².